The number of halogens is 1. The van der Waals surface area contributed by atoms with E-state index < -0.39 is 0 Å². The van der Waals surface area contributed by atoms with Crippen LogP contribution in [0.5, 0.6) is 0 Å². The van der Waals surface area contributed by atoms with Crippen LogP contribution in [-0.4, -0.2) is 21.4 Å². The van der Waals surface area contributed by atoms with E-state index in [9.17, 15) is 9.18 Å². The van der Waals surface area contributed by atoms with Gasteiger partial charge in [0.1, 0.15) is 17.3 Å². The van der Waals surface area contributed by atoms with Gasteiger partial charge in [0, 0.05) is 23.7 Å². The number of rotatable bonds is 5. The van der Waals surface area contributed by atoms with E-state index in [2.05, 4.69) is 20.6 Å². The lowest BCUT2D eigenvalue weighted by Crippen LogP contribution is -2.41. The van der Waals surface area contributed by atoms with Crippen LogP contribution in [0.4, 0.5) is 10.2 Å². The van der Waals surface area contributed by atoms with Crippen molar-refractivity contribution < 1.29 is 9.18 Å². The third-order valence-corrected chi connectivity index (χ3v) is 3.87. The first-order valence-corrected chi connectivity index (χ1v) is 9.05. The summed E-state index contributed by atoms with van der Waals surface area (Å²) in [5.41, 5.74) is 1.63. The molecule has 3 aromatic rings. The fourth-order valence-electron chi connectivity index (χ4n) is 2.57. The van der Waals surface area contributed by atoms with Crippen molar-refractivity contribution in [3.05, 3.63) is 77.7 Å². The van der Waals surface area contributed by atoms with E-state index in [-0.39, 0.29) is 23.0 Å². The van der Waals surface area contributed by atoms with Crippen LogP contribution in [0.15, 0.2) is 60.7 Å². The lowest BCUT2D eigenvalue weighted by molar-refractivity contribution is 0.0914. The van der Waals surface area contributed by atoms with E-state index in [1.54, 1.807) is 18.2 Å². The third-order valence-electron chi connectivity index (χ3n) is 3.87. The number of hydrogen-bond acceptors (Lipinski definition) is 4. The SMILES string of the molecule is CC(C)(C)NC(=O)c1cc(NCc2ccc(F)cc2)nc(-c2ccccc2)n1. The Hall–Kier alpha value is -3.28. The Balaban J connectivity index is 1.90. The largest absolute Gasteiger partial charge is 0.366 e. The van der Waals surface area contributed by atoms with Gasteiger partial charge >= 0.3 is 0 Å². The summed E-state index contributed by atoms with van der Waals surface area (Å²) < 4.78 is 13.1. The molecule has 0 unspecified atom stereocenters. The maximum absolute atomic E-state index is 13.1. The Kier molecular flexibility index (Phi) is 5.68. The number of aromatic nitrogens is 2. The first-order valence-electron chi connectivity index (χ1n) is 9.05. The Morgan fingerprint density at radius 1 is 1.00 bits per heavy atom. The summed E-state index contributed by atoms with van der Waals surface area (Å²) >= 11 is 0. The number of amides is 1. The van der Waals surface area contributed by atoms with E-state index >= 15 is 0 Å². The van der Waals surface area contributed by atoms with Gasteiger partial charge in [-0.3, -0.25) is 4.79 Å². The standard InChI is InChI=1S/C22H23FN4O/c1-22(2,3)27-21(28)18-13-19(24-14-15-9-11-17(23)12-10-15)26-20(25-18)16-7-5-4-6-8-16/h4-13H,14H2,1-3H3,(H,27,28)(H,24,25,26). The van der Waals surface area contributed by atoms with E-state index in [1.165, 1.54) is 12.1 Å². The molecule has 1 heterocycles. The summed E-state index contributed by atoms with van der Waals surface area (Å²) in [5.74, 6) is 0.441. The van der Waals surface area contributed by atoms with E-state index in [4.69, 9.17) is 0 Å². The van der Waals surface area contributed by atoms with E-state index in [0.717, 1.165) is 11.1 Å². The molecular weight excluding hydrogens is 355 g/mol. The molecular formula is C22H23FN4O. The Bertz CT molecular complexity index is 951. The minimum atomic E-state index is -0.378. The van der Waals surface area contributed by atoms with Gasteiger partial charge in [0.15, 0.2) is 5.82 Å². The highest BCUT2D eigenvalue weighted by molar-refractivity contribution is 5.93. The third kappa shape index (κ3) is 5.36. The van der Waals surface area contributed by atoms with Crippen LogP contribution in [0.25, 0.3) is 11.4 Å². The second-order valence-electron chi connectivity index (χ2n) is 7.51. The maximum atomic E-state index is 13.1. The molecule has 0 fully saturated rings. The summed E-state index contributed by atoms with van der Waals surface area (Å²) in [4.78, 5) is 21.6. The van der Waals surface area contributed by atoms with Crippen LogP contribution in [0.1, 0.15) is 36.8 Å². The van der Waals surface area contributed by atoms with E-state index in [1.807, 2.05) is 51.1 Å². The van der Waals surface area contributed by atoms with Gasteiger partial charge in [0.2, 0.25) is 0 Å². The molecule has 0 bridgehead atoms. The summed E-state index contributed by atoms with van der Waals surface area (Å²) in [7, 11) is 0. The van der Waals surface area contributed by atoms with Crippen LogP contribution in [0, 0.1) is 5.82 Å². The molecule has 0 aliphatic heterocycles. The zero-order chi connectivity index (χ0) is 20.1. The van der Waals surface area contributed by atoms with Gasteiger partial charge in [-0.05, 0) is 38.5 Å². The summed E-state index contributed by atoms with van der Waals surface area (Å²) in [6.45, 7) is 6.19. The van der Waals surface area contributed by atoms with Crippen molar-refractivity contribution in [1.29, 1.82) is 0 Å². The molecule has 0 aliphatic carbocycles. The topological polar surface area (TPSA) is 66.9 Å². The van der Waals surface area contributed by atoms with Crippen LogP contribution < -0.4 is 10.6 Å². The van der Waals surface area contributed by atoms with Crippen molar-refractivity contribution >= 4 is 11.7 Å². The van der Waals surface area contributed by atoms with Crippen molar-refractivity contribution in [3.8, 4) is 11.4 Å². The molecule has 0 spiro atoms. The highest BCUT2D eigenvalue weighted by Gasteiger charge is 2.18. The van der Waals surface area contributed by atoms with Gasteiger partial charge in [-0.2, -0.15) is 0 Å². The van der Waals surface area contributed by atoms with Gasteiger partial charge in [-0.15, -0.1) is 0 Å². The molecule has 6 heteroatoms. The fraction of sp³-hybridized carbons (Fsp3) is 0.227. The van der Waals surface area contributed by atoms with Crippen molar-refractivity contribution in [1.82, 2.24) is 15.3 Å². The smallest absolute Gasteiger partial charge is 0.270 e. The monoisotopic (exact) mass is 378 g/mol. The Morgan fingerprint density at radius 3 is 2.32 bits per heavy atom. The van der Waals surface area contributed by atoms with Gasteiger partial charge in [-0.25, -0.2) is 14.4 Å². The second kappa shape index (κ2) is 8.17. The highest BCUT2D eigenvalue weighted by Crippen LogP contribution is 2.19. The molecule has 0 saturated carbocycles. The molecule has 1 amide bonds. The first-order chi connectivity index (χ1) is 13.3. The second-order valence-corrected chi connectivity index (χ2v) is 7.51. The average Bonchev–Trinajstić information content (AvgIpc) is 2.67. The first kappa shape index (κ1) is 19.5. The predicted octanol–water partition coefficient (Wildman–Crippen LogP) is 4.42. The van der Waals surface area contributed by atoms with Gasteiger partial charge in [-0.1, -0.05) is 42.5 Å². The predicted molar refractivity (Wildman–Crippen MR) is 108 cm³/mol. The molecule has 144 valence electrons. The van der Waals surface area contributed by atoms with Gasteiger partial charge in [0.05, 0.1) is 0 Å². The van der Waals surface area contributed by atoms with Crippen LogP contribution >= 0.6 is 0 Å². The van der Waals surface area contributed by atoms with E-state index in [0.29, 0.717) is 18.2 Å². The molecule has 0 radical (unpaired) electrons. The minimum Gasteiger partial charge on any atom is -0.366 e. The highest BCUT2D eigenvalue weighted by atomic mass is 19.1. The molecule has 0 atom stereocenters. The van der Waals surface area contributed by atoms with Crippen LogP contribution in [0.2, 0.25) is 0 Å². The average molecular weight is 378 g/mol. The lowest BCUT2D eigenvalue weighted by atomic mass is 10.1. The number of nitrogens with zero attached hydrogens (tertiary/aromatic N) is 2. The molecule has 0 aliphatic rings. The number of carbonyl (C=O) groups excluding carboxylic acids is 1. The molecule has 28 heavy (non-hydrogen) atoms. The number of anilines is 1. The summed E-state index contributed by atoms with van der Waals surface area (Å²) in [6, 6.07) is 17.3. The lowest BCUT2D eigenvalue weighted by Gasteiger charge is -2.20. The number of hydrogen-bond donors (Lipinski definition) is 2. The van der Waals surface area contributed by atoms with Crippen LogP contribution in [0.3, 0.4) is 0 Å². The molecule has 2 N–H and O–H groups in total. The van der Waals surface area contributed by atoms with Gasteiger partial charge in [0.25, 0.3) is 5.91 Å². The summed E-state index contributed by atoms with van der Waals surface area (Å²) in [6.07, 6.45) is 0. The molecule has 1 aromatic heterocycles. The van der Waals surface area contributed by atoms with Crippen molar-refractivity contribution in [3.63, 3.8) is 0 Å². The molecule has 2 aromatic carbocycles. The van der Waals surface area contributed by atoms with Crippen LogP contribution in [-0.2, 0) is 6.54 Å². The number of nitrogens with one attached hydrogen (secondary N) is 2. The van der Waals surface area contributed by atoms with Gasteiger partial charge < -0.3 is 10.6 Å². The Morgan fingerprint density at radius 2 is 1.68 bits per heavy atom. The quantitative estimate of drug-likeness (QED) is 0.690. The maximum Gasteiger partial charge on any atom is 0.270 e. The zero-order valence-corrected chi connectivity index (χ0v) is 16.2. The summed E-state index contributed by atoms with van der Waals surface area (Å²) in [5, 5.41) is 6.12. The van der Waals surface area contributed by atoms with Crippen molar-refractivity contribution in [2.24, 2.45) is 0 Å². The number of carbonyl (C=O) groups is 1. The number of benzene rings is 2. The fourth-order valence-corrected chi connectivity index (χ4v) is 2.57. The van der Waals surface area contributed by atoms with Crippen molar-refractivity contribution in [2.75, 3.05) is 5.32 Å². The van der Waals surface area contributed by atoms with Crippen molar-refractivity contribution in [2.45, 2.75) is 32.9 Å². The molecule has 5 nitrogen and oxygen atoms in total. The zero-order valence-electron chi connectivity index (χ0n) is 16.2. The normalized spacial score (nSPS) is 11.1. The minimum absolute atomic E-state index is 0.267. The molecule has 3 rings (SSSR count). The molecule has 0 saturated heterocycles. The Labute approximate surface area is 164 Å².